The van der Waals surface area contributed by atoms with Gasteiger partial charge in [0.25, 0.3) is 0 Å². The minimum Gasteiger partial charge on any atom is -0.469 e. The molecule has 2 unspecified atom stereocenters. The van der Waals surface area contributed by atoms with E-state index in [1.165, 1.54) is 7.11 Å². The van der Waals surface area contributed by atoms with Crippen molar-refractivity contribution in [2.24, 2.45) is 10.9 Å². The van der Waals surface area contributed by atoms with Crippen molar-refractivity contribution in [1.82, 2.24) is 15.5 Å². The van der Waals surface area contributed by atoms with Crippen LogP contribution in [0.3, 0.4) is 0 Å². The monoisotopic (exact) mass is 354 g/mol. The van der Waals surface area contributed by atoms with Crippen LogP contribution in [0.2, 0.25) is 0 Å². The van der Waals surface area contributed by atoms with Gasteiger partial charge in [-0.25, -0.2) is 0 Å². The first kappa shape index (κ1) is 21.7. The van der Waals surface area contributed by atoms with Crippen LogP contribution in [-0.4, -0.2) is 62.2 Å². The first-order valence-corrected chi connectivity index (χ1v) is 9.83. The fourth-order valence-electron chi connectivity index (χ4n) is 3.14. The molecule has 1 heterocycles. The third-order valence-electron chi connectivity index (χ3n) is 4.82. The van der Waals surface area contributed by atoms with Gasteiger partial charge in [-0.1, -0.05) is 19.8 Å². The van der Waals surface area contributed by atoms with Gasteiger partial charge in [-0.15, -0.1) is 0 Å². The molecule has 1 aliphatic heterocycles. The van der Waals surface area contributed by atoms with Crippen molar-refractivity contribution in [2.45, 2.75) is 71.9 Å². The summed E-state index contributed by atoms with van der Waals surface area (Å²) in [5.41, 5.74) is 0. The Morgan fingerprint density at radius 1 is 1.24 bits per heavy atom. The van der Waals surface area contributed by atoms with Gasteiger partial charge in [-0.2, -0.15) is 0 Å². The van der Waals surface area contributed by atoms with Crippen LogP contribution < -0.4 is 10.6 Å². The fourth-order valence-corrected chi connectivity index (χ4v) is 3.14. The van der Waals surface area contributed by atoms with Gasteiger partial charge >= 0.3 is 5.97 Å². The van der Waals surface area contributed by atoms with Gasteiger partial charge in [0.1, 0.15) is 0 Å². The lowest BCUT2D eigenvalue weighted by Crippen LogP contribution is -2.46. The topological polar surface area (TPSA) is 66.0 Å². The summed E-state index contributed by atoms with van der Waals surface area (Å²) in [6.45, 7) is 12.9. The highest BCUT2D eigenvalue weighted by Gasteiger charge is 2.31. The van der Waals surface area contributed by atoms with E-state index in [-0.39, 0.29) is 5.97 Å². The minimum atomic E-state index is -0.113. The normalized spacial score (nSPS) is 21.6. The molecule has 2 atom stereocenters. The minimum absolute atomic E-state index is 0.113. The number of esters is 1. The Labute approximate surface area is 153 Å². The molecule has 25 heavy (non-hydrogen) atoms. The molecule has 146 valence electrons. The van der Waals surface area contributed by atoms with Crippen molar-refractivity contribution in [3.63, 3.8) is 0 Å². The number of aliphatic imine (C=N–C) groups is 1. The summed E-state index contributed by atoms with van der Waals surface area (Å²) in [5.74, 6) is 1.45. The lowest BCUT2D eigenvalue weighted by atomic mass is 10.1. The number of hydrogen-bond donors (Lipinski definition) is 2. The molecular weight excluding hydrogens is 316 g/mol. The van der Waals surface area contributed by atoms with Gasteiger partial charge in [0.2, 0.25) is 0 Å². The molecule has 0 amide bonds. The smallest absolute Gasteiger partial charge is 0.305 e. The molecule has 1 aliphatic rings. The zero-order valence-corrected chi connectivity index (χ0v) is 16.8. The first-order valence-electron chi connectivity index (χ1n) is 9.83. The van der Waals surface area contributed by atoms with Crippen molar-refractivity contribution in [2.75, 3.05) is 33.3 Å². The Kier molecular flexibility index (Phi) is 10.5. The van der Waals surface area contributed by atoms with Crippen LogP contribution in [0.4, 0.5) is 0 Å². The van der Waals surface area contributed by atoms with Crippen LogP contribution in [0.1, 0.15) is 59.8 Å². The maximum absolute atomic E-state index is 11.1. The molecular formula is C19H38N4O2. The highest BCUT2D eigenvalue weighted by Crippen LogP contribution is 2.18. The standard InChI is InChI=1S/C19H38N4O2/c1-6-20-19(21-12-10-8-7-9-11-18(24)25-5)22-17-14-23(15(2)3)13-16(17)4/h15-17H,6-14H2,1-5H3,(H2,20,21,22). The number of unbranched alkanes of at least 4 members (excludes halogenated alkanes) is 3. The van der Waals surface area contributed by atoms with Gasteiger partial charge in [0.15, 0.2) is 5.96 Å². The second-order valence-corrected chi connectivity index (χ2v) is 7.28. The van der Waals surface area contributed by atoms with Crippen molar-refractivity contribution in [3.8, 4) is 0 Å². The largest absolute Gasteiger partial charge is 0.469 e. The molecule has 6 heteroatoms. The van der Waals surface area contributed by atoms with E-state index in [2.05, 4.69) is 48.0 Å². The Hall–Kier alpha value is -1.30. The lowest BCUT2D eigenvalue weighted by Gasteiger charge is -2.21. The molecule has 6 nitrogen and oxygen atoms in total. The second kappa shape index (κ2) is 12.1. The van der Waals surface area contributed by atoms with Crippen LogP contribution in [-0.2, 0) is 9.53 Å². The number of nitrogens with zero attached hydrogens (tertiary/aromatic N) is 2. The predicted molar refractivity (Wildman–Crippen MR) is 104 cm³/mol. The van der Waals surface area contributed by atoms with Gasteiger partial charge in [-0.3, -0.25) is 14.7 Å². The molecule has 0 aromatic carbocycles. The number of nitrogens with one attached hydrogen (secondary N) is 2. The van der Waals surface area contributed by atoms with Gasteiger partial charge in [0, 0.05) is 44.7 Å². The number of carbonyl (C=O) groups excluding carboxylic acids is 1. The van der Waals surface area contributed by atoms with Crippen LogP contribution >= 0.6 is 0 Å². The summed E-state index contributed by atoms with van der Waals surface area (Å²) >= 11 is 0. The van der Waals surface area contributed by atoms with E-state index in [0.29, 0.717) is 24.4 Å². The zero-order chi connectivity index (χ0) is 18.7. The number of ether oxygens (including phenoxy) is 1. The Morgan fingerprint density at radius 3 is 2.56 bits per heavy atom. The van der Waals surface area contributed by atoms with E-state index in [1.807, 2.05) is 0 Å². The number of carbonyl (C=O) groups is 1. The van der Waals surface area contributed by atoms with Crippen LogP contribution in [0, 0.1) is 5.92 Å². The van der Waals surface area contributed by atoms with Crippen molar-refractivity contribution in [3.05, 3.63) is 0 Å². The summed E-state index contributed by atoms with van der Waals surface area (Å²) in [6, 6.07) is 1.05. The number of rotatable bonds is 10. The van der Waals surface area contributed by atoms with E-state index >= 15 is 0 Å². The molecule has 1 rings (SSSR count). The predicted octanol–water partition coefficient (Wildman–Crippen LogP) is 2.39. The highest BCUT2D eigenvalue weighted by molar-refractivity contribution is 5.80. The molecule has 0 bridgehead atoms. The Morgan fingerprint density at radius 2 is 1.96 bits per heavy atom. The van der Waals surface area contributed by atoms with Crippen molar-refractivity contribution in [1.29, 1.82) is 0 Å². The number of methoxy groups -OCH3 is 1. The Bertz CT molecular complexity index is 412. The Balaban J connectivity index is 2.30. The summed E-state index contributed by atoms with van der Waals surface area (Å²) < 4.78 is 4.65. The second-order valence-electron chi connectivity index (χ2n) is 7.28. The average Bonchev–Trinajstić information content (AvgIpc) is 2.94. The number of guanidine groups is 1. The summed E-state index contributed by atoms with van der Waals surface area (Å²) in [7, 11) is 1.44. The number of hydrogen-bond acceptors (Lipinski definition) is 4. The fraction of sp³-hybridized carbons (Fsp3) is 0.895. The number of likely N-dealkylation sites (tertiary alicyclic amines) is 1. The molecule has 0 aromatic heterocycles. The molecule has 0 radical (unpaired) electrons. The quantitative estimate of drug-likeness (QED) is 0.273. The zero-order valence-electron chi connectivity index (χ0n) is 16.8. The average molecular weight is 355 g/mol. The third kappa shape index (κ3) is 8.56. The van der Waals surface area contributed by atoms with Crippen molar-refractivity contribution < 1.29 is 9.53 Å². The highest BCUT2D eigenvalue weighted by atomic mass is 16.5. The van der Waals surface area contributed by atoms with E-state index in [1.54, 1.807) is 0 Å². The van der Waals surface area contributed by atoms with Crippen LogP contribution in [0.25, 0.3) is 0 Å². The maximum atomic E-state index is 11.1. The molecule has 0 spiro atoms. The molecule has 1 saturated heterocycles. The summed E-state index contributed by atoms with van der Waals surface area (Å²) in [5, 5.41) is 6.97. The van der Waals surface area contributed by atoms with Gasteiger partial charge < -0.3 is 15.4 Å². The molecule has 0 saturated carbocycles. The molecule has 0 aliphatic carbocycles. The SMILES string of the molecule is CCNC(=NCCCCCCC(=O)OC)NC1CN(C(C)C)CC1C. The maximum Gasteiger partial charge on any atom is 0.305 e. The molecule has 0 aromatic rings. The third-order valence-corrected chi connectivity index (χ3v) is 4.82. The van der Waals surface area contributed by atoms with E-state index in [0.717, 1.165) is 57.8 Å². The van der Waals surface area contributed by atoms with E-state index in [9.17, 15) is 4.79 Å². The summed E-state index contributed by atoms with van der Waals surface area (Å²) in [6.07, 6.45) is 4.63. The van der Waals surface area contributed by atoms with E-state index < -0.39 is 0 Å². The van der Waals surface area contributed by atoms with Crippen LogP contribution in [0.15, 0.2) is 4.99 Å². The summed E-state index contributed by atoms with van der Waals surface area (Å²) in [4.78, 5) is 18.3. The van der Waals surface area contributed by atoms with Gasteiger partial charge in [-0.05, 0) is 39.5 Å². The van der Waals surface area contributed by atoms with Crippen LogP contribution in [0.5, 0.6) is 0 Å². The lowest BCUT2D eigenvalue weighted by molar-refractivity contribution is -0.140. The van der Waals surface area contributed by atoms with E-state index in [4.69, 9.17) is 4.99 Å². The van der Waals surface area contributed by atoms with Gasteiger partial charge in [0.05, 0.1) is 7.11 Å². The molecule has 2 N–H and O–H groups in total. The van der Waals surface area contributed by atoms with Crippen molar-refractivity contribution >= 4 is 11.9 Å². The molecule has 1 fully saturated rings. The first-order chi connectivity index (χ1) is 12.0.